The van der Waals surface area contributed by atoms with Crippen LogP contribution in [0, 0.1) is 0 Å². The molecular weight excluding hydrogens is 496 g/mol. The van der Waals surface area contributed by atoms with Gasteiger partial charge in [-0.15, -0.1) is 0 Å². The van der Waals surface area contributed by atoms with Crippen LogP contribution in [0.25, 0.3) is 10.8 Å². The Morgan fingerprint density at radius 1 is 0.971 bits per heavy atom. The molecule has 4 aromatic rings. The topological polar surface area (TPSA) is 69.2 Å². The fraction of sp³-hybridized carbons (Fsp3) is 0.111. The van der Waals surface area contributed by atoms with Crippen molar-refractivity contribution in [2.45, 2.75) is 6.61 Å². The summed E-state index contributed by atoms with van der Waals surface area (Å²) >= 11 is 3.57. The van der Waals surface area contributed by atoms with Crippen molar-refractivity contribution in [3.63, 3.8) is 0 Å². The molecule has 1 N–H and O–H groups in total. The van der Waals surface area contributed by atoms with Crippen molar-refractivity contribution < 1.29 is 19.0 Å². The van der Waals surface area contributed by atoms with E-state index in [1.807, 2.05) is 24.3 Å². The highest BCUT2D eigenvalue weighted by Gasteiger charge is 2.13. The summed E-state index contributed by atoms with van der Waals surface area (Å²) in [7, 11) is 3.13. The van der Waals surface area contributed by atoms with E-state index in [1.54, 1.807) is 50.8 Å². The molecule has 34 heavy (non-hydrogen) atoms. The number of carbonyl (C=O) groups is 1. The van der Waals surface area contributed by atoms with Crippen LogP contribution in [0.5, 0.6) is 17.2 Å². The Kier molecular flexibility index (Phi) is 7.44. The van der Waals surface area contributed by atoms with Gasteiger partial charge in [-0.05, 0) is 68.2 Å². The molecule has 172 valence electrons. The molecule has 0 aliphatic heterocycles. The molecule has 0 aliphatic carbocycles. The Bertz CT molecular complexity index is 1350. The van der Waals surface area contributed by atoms with Gasteiger partial charge in [0.05, 0.1) is 24.9 Å². The monoisotopic (exact) mass is 518 g/mol. The first-order valence-corrected chi connectivity index (χ1v) is 11.3. The maximum absolute atomic E-state index is 12.3. The molecule has 0 saturated carbocycles. The third-order valence-electron chi connectivity index (χ3n) is 5.22. The molecule has 0 fully saturated rings. The minimum Gasteiger partial charge on any atom is -0.497 e. The highest BCUT2D eigenvalue weighted by molar-refractivity contribution is 9.10. The fourth-order valence-electron chi connectivity index (χ4n) is 3.52. The second-order valence-electron chi connectivity index (χ2n) is 7.39. The van der Waals surface area contributed by atoms with Gasteiger partial charge < -0.3 is 14.2 Å². The zero-order valence-electron chi connectivity index (χ0n) is 18.7. The Labute approximate surface area is 206 Å². The molecular formula is C27H23BrN2O4. The van der Waals surface area contributed by atoms with Crippen molar-refractivity contribution in [1.82, 2.24) is 5.43 Å². The average molecular weight is 519 g/mol. The molecule has 7 heteroatoms. The molecule has 0 aromatic heterocycles. The largest absolute Gasteiger partial charge is 0.497 e. The van der Waals surface area contributed by atoms with Gasteiger partial charge in [0, 0.05) is 5.56 Å². The quantitative estimate of drug-likeness (QED) is 0.230. The van der Waals surface area contributed by atoms with Gasteiger partial charge in [-0.25, -0.2) is 5.43 Å². The number of nitrogens with one attached hydrogen (secondary N) is 1. The van der Waals surface area contributed by atoms with E-state index in [0.29, 0.717) is 33.9 Å². The fourth-order valence-corrected chi connectivity index (χ4v) is 4.09. The zero-order chi connectivity index (χ0) is 23.9. The predicted molar refractivity (Wildman–Crippen MR) is 137 cm³/mol. The van der Waals surface area contributed by atoms with E-state index in [2.05, 4.69) is 50.7 Å². The van der Waals surface area contributed by atoms with Gasteiger partial charge in [0.2, 0.25) is 0 Å². The standard InChI is InChI=1S/C27H23BrN2O4/c1-32-22-11-6-9-20(15-22)27(31)30-29-16-18-13-24(28)26(25(14-18)33-2)34-17-21-10-5-8-19-7-3-4-12-23(19)21/h3-16H,17H2,1-2H3,(H,30,31)/b29-16+. The van der Waals surface area contributed by atoms with Gasteiger partial charge in [-0.2, -0.15) is 5.10 Å². The number of rotatable bonds is 8. The molecule has 4 rings (SSSR count). The Balaban J connectivity index is 1.47. The van der Waals surface area contributed by atoms with Crippen LogP contribution in [0.2, 0.25) is 0 Å². The summed E-state index contributed by atoms with van der Waals surface area (Å²) in [6, 6.07) is 24.8. The predicted octanol–water partition coefficient (Wildman–Crippen LogP) is 5.96. The number of ether oxygens (including phenoxy) is 3. The molecule has 0 aliphatic rings. The van der Waals surface area contributed by atoms with Crippen LogP contribution in [0.1, 0.15) is 21.5 Å². The summed E-state index contributed by atoms with van der Waals surface area (Å²) in [4.78, 5) is 12.3. The number of halogens is 1. The van der Waals surface area contributed by atoms with Gasteiger partial charge in [-0.3, -0.25) is 4.79 Å². The van der Waals surface area contributed by atoms with Crippen LogP contribution < -0.4 is 19.6 Å². The van der Waals surface area contributed by atoms with Crippen molar-refractivity contribution >= 4 is 38.8 Å². The lowest BCUT2D eigenvalue weighted by molar-refractivity contribution is 0.0955. The molecule has 0 atom stereocenters. The molecule has 4 aromatic carbocycles. The molecule has 0 saturated heterocycles. The molecule has 1 amide bonds. The molecule has 0 radical (unpaired) electrons. The van der Waals surface area contributed by atoms with Crippen LogP contribution in [0.4, 0.5) is 0 Å². The molecule has 0 bridgehead atoms. The van der Waals surface area contributed by atoms with Crippen LogP contribution in [0.3, 0.4) is 0 Å². The first-order valence-electron chi connectivity index (χ1n) is 10.5. The number of fused-ring (bicyclic) bond motifs is 1. The van der Waals surface area contributed by atoms with E-state index in [9.17, 15) is 4.79 Å². The van der Waals surface area contributed by atoms with Crippen molar-refractivity contribution in [3.8, 4) is 17.2 Å². The number of methoxy groups -OCH3 is 2. The number of benzene rings is 4. The van der Waals surface area contributed by atoms with Gasteiger partial charge in [0.1, 0.15) is 12.4 Å². The average Bonchev–Trinajstić information content (AvgIpc) is 2.87. The maximum atomic E-state index is 12.3. The van der Waals surface area contributed by atoms with E-state index < -0.39 is 0 Å². The second-order valence-corrected chi connectivity index (χ2v) is 8.25. The summed E-state index contributed by atoms with van der Waals surface area (Å²) in [5.74, 6) is 1.41. The van der Waals surface area contributed by atoms with Crippen molar-refractivity contribution in [3.05, 3.63) is 100 Å². The lowest BCUT2D eigenvalue weighted by Gasteiger charge is -2.14. The molecule has 0 heterocycles. The Morgan fingerprint density at radius 3 is 2.59 bits per heavy atom. The van der Waals surface area contributed by atoms with Crippen LogP contribution in [0.15, 0.2) is 88.4 Å². The lowest BCUT2D eigenvalue weighted by atomic mass is 10.1. The maximum Gasteiger partial charge on any atom is 0.271 e. The van der Waals surface area contributed by atoms with Crippen molar-refractivity contribution in [1.29, 1.82) is 0 Å². The third-order valence-corrected chi connectivity index (χ3v) is 5.80. The molecule has 6 nitrogen and oxygen atoms in total. The van der Waals surface area contributed by atoms with E-state index in [0.717, 1.165) is 21.9 Å². The normalized spacial score (nSPS) is 10.9. The van der Waals surface area contributed by atoms with Crippen LogP contribution in [-0.4, -0.2) is 26.3 Å². The summed E-state index contributed by atoms with van der Waals surface area (Å²) in [5.41, 5.74) is 4.78. The summed E-state index contributed by atoms with van der Waals surface area (Å²) in [5, 5.41) is 6.38. The van der Waals surface area contributed by atoms with Crippen LogP contribution in [-0.2, 0) is 6.61 Å². The van der Waals surface area contributed by atoms with Gasteiger partial charge in [-0.1, -0.05) is 48.5 Å². The van der Waals surface area contributed by atoms with Crippen molar-refractivity contribution in [2.75, 3.05) is 14.2 Å². The smallest absolute Gasteiger partial charge is 0.271 e. The molecule has 0 spiro atoms. The summed E-state index contributed by atoms with van der Waals surface area (Å²) in [6.45, 7) is 0.389. The zero-order valence-corrected chi connectivity index (χ0v) is 20.3. The van der Waals surface area contributed by atoms with E-state index in [1.165, 1.54) is 0 Å². The number of hydrogen-bond acceptors (Lipinski definition) is 5. The number of amides is 1. The number of carbonyl (C=O) groups excluding carboxylic acids is 1. The molecule has 0 unspecified atom stereocenters. The second kappa shape index (κ2) is 10.9. The highest BCUT2D eigenvalue weighted by atomic mass is 79.9. The SMILES string of the molecule is COc1cccc(C(=O)N/N=C/c2cc(Br)c(OCc3cccc4ccccc34)c(OC)c2)c1. The third kappa shape index (κ3) is 5.38. The number of hydrogen-bond donors (Lipinski definition) is 1. The van der Waals surface area contributed by atoms with Crippen molar-refractivity contribution in [2.24, 2.45) is 5.10 Å². The van der Waals surface area contributed by atoms with E-state index >= 15 is 0 Å². The van der Waals surface area contributed by atoms with E-state index in [4.69, 9.17) is 14.2 Å². The lowest BCUT2D eigenvalue weighted by Crippen LogP contribution is -2.17. The summed E-state index contributed by atoms with van der Waals surface area (Å²) < 4.78 is 17.5. The number of hydrazone groups is 1. The first kappa shape index (κ1) is 23.3. The van der Waals surface area contributed by atoms with Gasteiger partial charge >= 0.3 is 0 Å². The Hall–Kier alpha value is -3.84. The van der Waals surface area contributed by atoms with E-state index in [-0.39, 0.29) is 5.91 Å². The Morgan fingerprint density at radius 2 is 1.76 bits per heavy atom. The van der Waals surface area contributed by atoms with Gasteiger partial charge in [0.25, 0.3) is 5.91 Å². The summed E-state index contributed by atoms with van der Waals surface area (Å²) in [6.07, 6.45) is 1.54. The minimum absolute atomic E-state index is 0.337. The highest BCUT2D eigenvalue weighted by Crippen LogP contribution is 2.37. The number of nitrogens with zero attached hydrogens (tertiary/aromatic N) is 1. The first-order chi connectivity index (χ1) is 16.6. The minimum atomic E-state index is -0.337. The van der Waals surface area contributed by atoms with Gasteiger partial charge in [0.15, 0.2) is 11.5 Å². The van der Waals surface area contributed by atoms with Crippen LogP contribution >= 0.6 is 15.9 Å².